The molecule has 1 aliphatic heterocycles. The molecule has 0 radical (unpaired) electrons. The largest absolute Gasteiger partial charge is 0.466 e. The van der Waals surface area contributed by atoms with Crippen LogP contribution in [-0.4, -0.2) is 42.4 Å². The van der Waals surface area contributed by atoms with Gasteiger partial charge in [-0.1, -0.05) is 24.3 Å². The standard InChI is InChI=1S/C27H31FN2O4/c1-2-34-27(33)22-6-4-14-29(18-22)25(31)16-20-5-3-7-24(15-20)30(26(32)21-10-11-21)17-19-8-12-23(28)13-9-19/h3,5,7-9,12-13,15,21-22H,2,4,6,10-11,14,16-18H2,1H3. The van der Waals surface area contributed by atoms with Gasteiger partial charge in [-0.2, -0.15) is 0 Å². The van der Waals surface area contributed by atoms with E-state index in [1.807, 2.05) is 24.3 Å². The van der Waals surface area contributed by atoms with Crippen LogP contribution >= 0.6 is 0 Å². The lowest BCUT2D eigenvalue weighted by molar-refractivity contribution is -0.151. The SMILES string of the molecule is CCOC(=O)C1CCCN(C(=O)Cc2cccc(N(Cc3ccc(F)cc3)C(=O)C3CC3)c2)C1. The van der Waals surface area contributed by atoms with Crippen LogP contribution in [0.4, 0.5) is 10.1 Å². The average Bonchev–Trinajstić information content (AvgIpc) is 3.69. The van der Waals surface area contributed by atoms with Crippen molar-refractivity contribution in [2.75, 3.05) is 24.6 Å². The molecule has 1 saturated carbocycles. The number of carbonyl (C=O) groups excluding carboxylic acids is 3. The van der Waals surface area contributed by atoms with Gasteiger partial charge in [0.15, 0.2) is 0 Å². The predicted octanol–water partition coefficient (Wildman–Crippen LogP) is 4.11. The van der Waals surface area contributed by atoms with Gasteiger partial charge in [0, 0.05) is 24.7 Å². The van der Waals surface area contributed by atoms with Crippen LogP contribution in [0.25, 0.3) is 0 Å². The lowest BCUT2D eigenvalue weighted by Gasteiger charge is -2.31. The third-order valence-corrected chi connectivity index (χ3v) is 6.42. The quantitative estimate of drug-likeness (QED) is 0.549. The Labute approximate surface area is 199 Å². The molecule has 0 spiro atoms. The molecule has 34 heavy (non-hydrogen) atoms. The van der Waals surface area contributed by atoms with Gasteiger partial charge >= 0.3 is 5.97 Å². The van der Waals surface area contributed by atoms with Gasteiger partial charge in [0.05, 0.1) is 25.5 Å². The predicted molar refractivity (Wildman–Crippen MR) is 126 cm³/mol. The molecule has 0 bridgehead atoms. The second-order valence-electron chi connectivity index (χ2n) is 9.10. The molecule has 2 fully saturated rings. The first-order valence-electron chi connectivity index (χ1n) is 12.0. The van der Waals surface area contributed by atoms with Crippen molar-refractivity contribution in [3.63, 3.8) is 0 Å². The van der Waals surface area contributed by atoms with E-state index in [1.54, 1.807) is 28.9 Å². The number of esters is 1. The highest BCUT2D eigenvalue weighted by molar-refractivity contribution is 5.96. The third-order valence-electron chi connectivity index (χ3n) is 6.42. The summed E-state index contributed by atoms with van der Waals surface area (Å²) >= 11 is 0. The highest BCUT2D eigenvalue weighted by Gasteiger charge is 2.34. The molecule has 1 unspecified atom stereocenters. The lowest BCUT2D eigenvalue weighted by atomic mass is 9.97. The number of amides is 2. The average molecular weight is 467 g/mol. The molecule has 1 heterocycles. The van der Waals surface area contributed by atoms with Crippen molar-refractivity contribution >= 4 is 23.5 Å². The first kappa shape index (κ1) is 23.9. The molecule has 2 amide bonds. The van der Waals surface area contributed by atoms with E-state index in [9.17, 15) is 18.8 Å². The molecule has 1 saturated heterocycles. The van der Waals surface area contributed by atoms with E-state index in [0.29, 0.717) is 26.2 Å². The summed E-state index contributed by atoms with van der Waals surface area (Å²) in [5.74, 6) is -0.777. The maximum atomic E-state index is 13.3. The molecule has 1 aliphatic carbocycles. The number of rotatable bonds is 8. The zero-order valence-electron chi connectivity index (χ0n) is 19.5. The van der Waals surface area contributed by atoms with E-state index in [4.69, 9.17) is 4.74 Å². The Hall–Kier alpha value is -3.22. The number of nitrogens with zero attached hydrogens (tertiary/aromatic N) is 2. The monoisotopic (exact) mass is 466 g/mol. The van der Waals surface area contributed by atoms with Crippen molar-refractivity contribution in [2.45, 2.75) is 45.6 Å². The number of piperidine rings is 1. The number of likely N-dealkylation sites (tertiary alicyclic amines) is 1. The maximum Gasteiger partial charge on any atom is 0.310 e. The van der Waals surface area contributed by atoms with Gasteiger partial charge in [-0.25, -0.2) is 4.39 Å². The van der Waals surface area contributed by atoms with E-state index < -0.39 is 0 Å². The Morgan fingerprint density at radius 3 is 2.50 bits per heavy atom. The molecular formula is C27H31FN2O4. The van der Waals surface area contributed by atoms with Crippen LogP contribution < -0.4 is 4.90 Å². The van der Waals surface area contributed by atoms with Crippen molar-refractivity contribution in [1.82, 2.24) is 4.90 Å². The van der Waals surface area contributed by atoms with Gasteiger partial charge in [0.25, 0.3) is 0 Å². The van der Waals surface area contributed by atoms with E-state index in [0.717, 1.165) is 42.5 Å². The van der Waals surface area contributed by atoms with Gasteiger partial charge in [-0.3, -0.25) is 14.4 Å². The van der Waals surface area contributed by atoms with Gasteiger partial charge < -0.3 is 14.5 Å². The summed E-state index contributed by atoms with van der Waals surface area (Å²) in [5, 5.41) is 0. The molecule has 1 atom stereocenters. The number of ether oxygens (including phenoxy) is 1. The summed E-state index contributed by atoms with van der Waals surface area (Å²) in [4.78, 5) is 41.6. The minimum absolute atomic E-state index is 0.0268. The van der Waals surface area contributed by atoms with Gasteiger partial charge in [0.2, 0.25) is 11.8 Å². The molecule has 6 nitrogen and oxygen atoms in total. The van der Waals surface area contributed by atoms with Crippen molar-refractivity contribution < 1.29 is 23.5 Å². The second kappa shape index (κ2) is 10.8. The van der Waals surface area contributed by atoms with Crippen LogP contribution in [0.5, 0.6) is 0 Å². The summed E-state index contributed by atoms with van der Waals surface area (Å²) in [6, 6.07) is 13.7. The van der Waals surface area contributed by atoms with Gasteiger partial charge in [-0.15, -0.1) is 0 Å². The summed E-state index contributed by atoms with van der Waals surface area (Å²) < 4.78 is 18.5. The van der Waals surface area contributed by atoms with Crippen molar-refractivity contribution in [3.8, 4) is 0 Å². The first-order chi connectivity index (χ1) is 16.4. The minimum atomic E-state index is -0.313. The van der Waals surface area contributed by atoms with Crippen LogP contribution in [0.1, 0.15) is 43.7 Å². The highest BCUT2D eigenvalue weighted by atomic mass is 19.1. The van der Waals surface area contributed by atoms with E-state index in [-0.39, 0.29) is 41.9 Å². The number of benzene rings is 2. The second-order valence-corrected chi connectivity index (χ2v) is 9.10. The fourth-order valence-electron chi connectivity index (χ4n) is 4.40. The number of hydrogen-bond donors (Lipinski definition) is 0. The Morgan fingerprint density at radius 1 is 1.03 bits per heavy atom. The van der Waals surface area contributed by atoms with Gasteiger partial charge in [-0.05, 0) is 68.0 Å². The third kappa shape index (κ3) is 6.01. The molecule has 2 aromatic rings. The topological polar surface area (TPSA) is 66.9 Å². The number of carbonyl (C=O) groups is 3. The molecular weight excluding hydrogens is 435 g/mol. The van der Waals surface area contributed by atoms with E-state index in [1.165, 1.54) is 12.1 Å². The first-order valence-corrected chi connectivity index (χ1v) is 12.0. The van der Waals surface area contributed by atoms with Crippen molar-refractivity contribution in [3.05, 3.63) is 65.5 Å². The number of halogens is 1. The number of anilines is 1. The molecule has 0 aromatic heterocycles. The summed E-state index contributed by atoms with van der Waals surface area (Å²) in [6.45, 7) is 3.48. The molecule has 2 aromatic carbocycles. The zero-order valence-corrected chi connectivity index (χ0v) is 19.5. The van der Waals surface area contributed by atoms with E-state index >= 15 is 0 Å². The smallest absolute Gasteiger partial charge is 0.310 e. The molecule has 0 N–H and O–H groups in total. The normalized spacial score (nSPS) is 17.8. The summed E-state index contributed by atoms with van der Waals surface area (Å²) in [7, 11) is 0. The minimum Gasteiger partial charge on any atom is -0.466 e. The van der Waals surface area contributed by atoms with Crippen LogP contribution in [0, 0.1) is 17.7 Å². The van der Waals surface area contributed by atoms with Crippen molar-refractivity contribution in [2.24, 2.45) is 11.8 Å². The number of hydrogen-bond acceptors (Lipinski definition) is 4. The van der Waals surface area contributed by atoms with E-state index in [2.05, 4.69) is 0 Å². The maximum absolute atomic E-state index is 13.3. The van der Waals surface area contributed by atoms with Gasteiger partial charge in [0.1, 0.15) is 5.82 Å². The Balaban J connectivity index is 1.46. The lowest BCUT2D eigenvalue weighted by Crippen LogP contribution is -2.43. The highest BCUT2D eigenvalue weighted by Crippen LogP contribution is 2.34. The summed E-state index contributed by atoms with van der Waals surface area (Å²) in [5.41, 5.74) is 2.39. The van der Waals surface area contributed by atoms with Crippen LogP contribution in [0.2, 0.25) is 0 Å². The van der Waals surface area contributed by atoms with Crippen LogP contribution in [0.3, 0.4) is 0 Å². The zero-order chi connectivity index (χ0) is 24.1. The van der Waals surface area contributed by atoms with Crippen LogP contribution in [0.15, 0.2) is 48.5 Å². The molecule has 7 heteroatoms. The Kier molecular flexibility index (Phi) is 7.60. The fourth-order valence-corrected chi connectivity index (χ4v) is 4.40. The Bertz CT molecular complexity index is 1040. The molecule has 180 valence electrons. The summed E-state index contributed by atoms with van der Waals surface area (Å²) in [6.07, 6.45) is 3.47. The van der Waals surface area contributed by atoms with Crippen molar-refractivity contribution in [1.29, 1.82) is 0 Å². The Morgan fingerprint density at radius 2 is 1.79 bits per heavy atom. The van der Waals surface area contributed by atoms with Crippen LogP contribution in [-0.2, 0) is 32.1 Å². The molecule has 2 aliphatic rings. The molecule has 4 rings (SSSR count). The fraction of sp³-hybridized carbons (Fsp3) is 0.444.